The highest BCUT2D eigenvalue weighted by atomic mass is 16.5. The smallest absolute Gasteiger partial charge is 0.151 e. The Labute approximate surface area is 105 Å². The number of fused-ring (bicyclic) bond motifs is 1. The van der Waals surface area contributed by atoms with Gasteiger partial charge in [-0.1, -0.05) is 6.07 Å². The van der Waals surface area contributed by atoms with E-state index in [0.717, 1.165) is 42.6 Å². The second-order valence-electron chi connectivity index (χ2n) is 4.40. The Balaban J connectivity index is 2.03. The molecule has 2 aromatic rings. The minimum absolute atomic E-state index is 0.599. The number of hydrogen-bond donors (Lipinski definition) is 0. The summed E-state index contributed by atoms with van der Waals surface area (Å²) >= 11 is 0. The van der Waals surface area contributed by atoms with E-state index in [4.69, 9.17) is 4.74 Å². The van der Waals surface area contributed by atoms with Gasteiger partial charge in [-0.2, -0.15) is 0 Å². The highest BCUT2D eigenvalue weighted by Crippen LogP contribution is 2.29. The van der Waals surface area contributed by atoms with Crippen LogP contribution in [0.25, 0.3) is 11.1 Å². The number of ether oxygens (including phenoxy) is 1. The van der Waals surface area contributed by atoms with E-state index in [1.54, 1.807) is 12.4 Å². The predicted octanol–water partition coefficient (Wildman–Crippen LogP) is 2.89. The molecule has 3 rings (SSSR count). The van der Waals surface area contributed by atoms with Crippen LogP contribution in [0.3, 0.4) is 0 Å². The van der Waals surface area contributed by atoms with Crippen LogP contribution in [-0.2, 0) is 6.42 Å². The van der Waals surface area contributed by atoms with Gasteiger partial charge in [-0.05, 0) is 42.2 Å². The first-order valence-corrected chi connectivity index (χ1v) is 6.03. The van der Waals surface area contributed by atoms with Gasteiger partial charge in [0.25, 0.3) is 0 Å². The molecule has 0 N–H and O–H groups in total. The number of aldehydes is 1. The molecule has 1 aromatic heterocycles. The maximum absolute atomic E-state index is 10.8. The van der Waals surface area contributed by atoms with E-state index in [1.807, 2.05) is 18.2 Å². The van der Waals surface area contributed by atoms with Gasteiger partial charge in [-0.15, -0.1) is 0 Å². The Morgan fingerprint density at radius 2 is 2.11 bits per heavy atom. The van der Waals surface area contributed by atoms with Gasteiger partial charge in [0.05, 0.1) is 6.61 Å². The van der Waals surface area contributed by atoms with Gasteiger partial charge in [0.2, 0.25) is 0 Å². The molecular formula is C15H13NO2. The SMILES string of the molecule is O=Cc1cncc(-c2ccc3c(c2)CCCO3)c1. The van der Waals surface area contributed by atoms with Gasteiger partial charge >= 0.3 is 0 Å². The lowest BCUT2D eigenvalue weighted by atomic mass is 9.99. The molecule has 3 nitrogen and oxygen atoms in total. The molecule has 1 aliphatic heterocycles. The standard InChI is InChI=1S/C15H13NO2/c17-10-11-6-14(9-16-8-11)12-3-4-15-13(7-12)2-1-5-18-15/h3-4,6-10H,1-2,5H2. The van der Waals surface area contributed by atoms with Crippen molar-refractivity contribution >= 4 is 6.29 Å². The molecule has 0 aliphatic carbocycles. The number of carbonyl (C=O) groups excluding carboxylic acids is 1. The fourth-order valence-corrected chi connectivity index (χ4v) is 2.22. The van der Waals surface area contributed by atoms with Gasteiger partial charge in [0.15, 0.2) is 6.29 Å². The fraction of sp³-hybridized carbons (Fsp3) is 0.200. The lowest BCUT2D eigenvalue weighted by Crippen LogP contribution is -2.08. The number of rotatable bonds is 2. The van der Waals surface area contributed by atoms with Gasteiger partial charge in [-0.25, -0.2) is 0 Å². The third kappa shape index (κ3) is 1.99. The molecule has 0 unspecified atom stereocenters. The summed E-state index contributed by atoms with van der Waals surface area (Å²) in [4.78, 5) is 14.8. The van der Waals surface area contributed by atoms with E-state index >= 15 is 0 Å². The number of aromatic nitrogens is 1. The van der Waals surface area contributed by atoms with Crippen LogP contribution >= 0.6 is 0 Å². The third-order valence-electron chi connectivity index (χ3n) is 3.14. The summed E-state index contributed by atoms with van der Waals surface area (Å²) in [6.07, 6.45) is 6.27. The molecule has 0 bridgehead atoms. The van der Waals surface area contributed by atoms with E-state index in [0.29, 0.717) is 5.56 Å². The highest BCUT2D eigenvalue weighted by Gasteiger charge is 2.11. The molecule has 0 spiro atoms. The molecule has 2 heterocycles. The van der Waals surface area contributed by atoms with Crippen molar-refractivity contribution in [2.45, 2.75) is 12.8 Å². The lowest BCUT2D eigenvalue weighted by molar-refractivity contribution is 0.112. The molecule has 0 saturated heterocycles. The summed E-state index contributed by atoms with van der Waals surface area (Å²) < 4.78 is 5.59. The second-order valence-corrected chi connectivity index (χ2v) is 4.40. The number of nitrogens with zero attached hydrogens (tertiary/aromatic N) is 1. The number of aryl methyl sites for hydroxylation is 1. The van der Waals surface area contributed by atoms with E-state index in [9.17, 15) is 4.79 Å². The molecule has 0 atom stereocenters. The molecule has 0 radical (unpaired) electrons. The van der Waals surface area contributed by atoms with Crippen LogP contribution in [0, 0.1) is 0 Å². The summed E-state index contributed by atoms with van der Waals surface area (Å²) in [6, 6.07) is 7.98. The molecule has 90 valence electrons. The summed E-state index contributed by atoms with van der Waals surface area (Å²) in [7, 11) is 0. The van der Waals surface area contributed by atoms with Gasteiger partial charge in [0.1, 0.15) is 5.75 Å². The first-order chi connectivity index (χ1) is 8.86. The zero-order valence-corrected chi connectivity index (χ0v) is 9.93. The number of carbonyl (C=O) groups is 1. The third-order valence-corrected chi connectivity index (χ3v) is 3.14. The van der Waals surface area contributed by atoms with E-state index < -0.39 is 0 Å². The zero-order chi connectivity index (χ0) is 12.4. The molecule has 0 amide bonds. The van der Waals surface area contributed by atoms with Crippen molar-refractivity contribution in [3.8, 4) is 16.9 Å². The first-order valence-electron chi connectivity index (χ1n) is 6.03. The monoisotopic (exact) mass is 239 g/mol. The van der Waals surface area contributed by atoms with Crippen molar-refractivity contribution < 1.29 is 9.53 Å². The van der Waals surface area contributed by atoms with Crippen molar-refractivity contribution in [2.24, 2.45) is 0 Å². The Bertz CT molecular complexity index is 593. The average Bonchev–Trinajstić information content (AvgIpc) is 2.47. The number of pyridine rings is 1. The van der Waals surface area contributed by atoms with Crippen LogP contribution in [-0.4, -0.2) is 17.9 Å². The van der Waals surface area contributed by atoms with E-state index in [1.165, 1.54) is 5.56 Å². The van der Waals surface area contributed by atoms with Gasteiger partial charge in [0, 0.05) is 23.5 Å². The van der Waals surface area contributed by atoms with Crippen LogP contribution in [0.5, 0.6) is 5.75 Å². The normalized spacial score (nSPS) is 13.6. The molecular weight excluding hydrogens is 226 g/mol. The van der Waals surface area contributed by atoms with Crippen LogP contribution in [0.15, 0.2) is 36.7 Å². The van der Waals surface area contributed by atoms with E-state index in [-0.39, 0.29) is 0 Å². The van der Waals surface area contributed by atoms with Crippen molar-refractivity contribution in [3.05, 3.63) is 47.8 Å². The van der Waals surface area contributed by atoms with Crippen molar-refractivity contribution in [3.63, 3.8) is 0 Å². The highest BCUT2D eigenvalue weighted by molar-refractivity contribution is 5.78. The summed E-state index contributed by atoms with van der Waals surface area (Å²) in [5.41, 5.74) is 3.88. The average molecular weight is 239 g/mol. The van der Waals surface area contributed by atoms with Crippen LogP contribution in [0.2, 0.25) is 0 Å². The number of benzene rings is 1. The summed E-state index contributed by atoms with van der Waals surface area (Å²) in [5.74, 6) is 0.976. The summed E-state index contributed by atoms with van der Waals surface area (Å²) in [5, 5.41) is 0. The Morgan fingerprint density at radius 1 is 1.17 bits per heavy atom. The maximum Gasteiger partial charge on any atom is 0.151 e. The maximum atomic E-state index is 10.8. The van der Waals surface area contributed by atoms with Crippen LogP contribution in [0.1, 0.15) is 22.3 Å². The molecule has 1 aliphatic rings. The Kier molecular flexibility index (Phi) is 2.81. The molecule has 0 saturated carbocycles. The number of hydrogen-bond acceptors (Lipinski definition) is 3. The van der Waals surface area contributed by atoms with Crippen molar-refractivity contribution in [1.29, 1.82) is 0 Å². The van der Waals surface area contributed by atoms with Crippen molar-refractivity contribution in [1.82, 2.24) is 4.98 Å². The quantitative estimate of drug-likeness (QED) is 0.756. The first kappa shape index (κ1) is 11.0. The topological polar surface area (TPSA) is 39.2 Å². The van der Waals surface area contributed by atoms with Crippen LogP contribution < -0.4 is 4.74 Å². The Morgan fingerprint density at radius 3 is 3.00 bits per heavy atom. The second kappa shape index (κ2) is 4.61. The largest absolute Gasteiger partial charge is 0.493 e. The molecule has 18 heavy (non-hydrogen) atoms. The van der Waals surface area contributed by atoms with Gasteiger partial charge < -0.3 is 4.74 Å². The predicted molar refractivity (Wildman–Crippen MR) is 68.9 cm³/mol. The zero-order valence-electron chi connectivity index (χ0n) is 9.93. The van der Waals surface area contributed by atoms with E-state index in [2.05, 4.69) is 11.1 Å². The van der Waals surface area contributed by atoms with Crippen LogP contribution in [0.4, 0.5) is 0 Å². The molecule has 0 fully saturated rings. The van der Waals surface area contributed by atoms with Crippen molar-refractivity contribution in [2.75, 3.05) is 6.61 Å². The lowest BCUT2D eigenvalue weighted by Gasteiger charge is -2.17. The fourth-order valence-electron chi connectivity index (χ4n) is 2.22. The van der Waals surface area contributed by atoms with Gasteiger partial charge in [-0.3, -0.25) is 9.78 Å². The minimum Gasteiger partial charge on any atom is -0.493 e. The molecule has 1 aromatic carbocycles. The summed E-state index contributed by atoms with van der Waals surface area (Å²) in [6.45, 7) is 0.800. The molecule has 3 heteroatoms. The Hall–Kier alpha value is -2.16. The minimum atomic E-state index is 0.599.